The predicted octanol–water partition coefficient (Wildman–Crippen LogP) is 10.7. The zero-order chi connectivity index (χ0) is 33.9. The average Bonchev–Trinajstić information content (AvgIpc) is 3.67. The third kappa shape index (κ3) is 4.38. The van der Waals surface area contributed by atoms with Crippen molar-refractivity contribution >= 4 is 33.2 Å². The molecule has 0 fully saturated rings. The topological polar surface area (TPSA) is 50.7 Å². The lowest BCUT2D eigenvalue weighted by Gasteiger charge is -2.32. The molecule has 0 amide bonds. The number of fused-ring (bicyclic) bond motifs is 14. The van der Waals surface area contributed by atoms with Gasteiger partial charge in [-0.3, -0.25) is 4.99 Å². The maximum Gasteiger partial charge on any atom is 0.157 e. The van der Waals surface area contributed by atoms with Crippen LogP contribution >= 0.6 is 0 Å². The van der Waals surface area contributed by atoms with E-state index in [1.54, 1.807) is 0 Å². The molecular weight excluding hydrogens is 619 g/mol. The van der Waals surface area contributed by atoms with Crippen LogP contribution < -0.4 is 5.73 Å². The molecule has 0 heterocycles. The van der Waals surface area contributed by atoms with Gasteiger partial charge >= 0.3 is 0 Å². The molecular formula is C48H33N3. The Balaban J connectivity index is 1.23. The zero-order valence-corrected chi connectivity index (χ0v) is 27.9. The molecule has 8 aromatic rings. The van der Waals surface area contributed by atoms with Gasteiger partial charge in [0, 0.05) is 11.1 Å². The van der Waals surface area contributed by atoms with Gasteiger partial charge in [-0.25, -0.2) is 4.99 Å². The van der Waals surface area contributed by atoms with Crippen molar-refractivity contribution in [2.45, 2.75) is 12.0 Å². The standard InChI is InChI=1S/C48H33N3/c49-46(33-16-5-2-6-17-33)51-47(50-30-31-13-3-1-4-14-31)35-25-26-37-34(29-35)24-28-41-40-27-23-32-15-7-8-18-36(32)44(40)48(45(37)41)42-21-11-9-19-38(42)39-20-10-12-22-43(39)48/h1-29H,30H2,(H2,49,50,51). The van der Waals surface area contributed by atoms with Gasteiger partial charge < -0.3 is 5.73 Å². The Labute approximate surface area is 297 Å². The van der Waals surface area contributed by atoms with Crippen molar-refractivity contribution in [2.75, 3.05) is 0 Å². The highest BCUT2D eigenvalue weighted by Crippen LogP contribution is 2.65. The maximum atomic E-state index is 6.62. The highest BCUT2D eigenvalue weighted by molar-refractivity contribution is 6.13. The lowest BCUT2D eigenvalue weighted by molar-refractivity contribution is 0.809. The summed E-state index contributed by atoms with van der Waals surface area (Å²) < 4.78 is 0. The van der Waals surface area contributed by atoms with Crippen molar-refractivity contribution in [3.8, 4) is 22.3 Å². The summed E-state index contributed by atoms with van der Waals surface area (Å²) in [5, 5.41) is 4.92. The van der Waals surface area contributed by atoms with Gasteiger partial charge in [-0.2, -0.15) is 0 Å². The molecule has 3 heteroatoms. The van der Waals surface area contributed by atoms with Gasteiger partial charge in [-0.1, -0.05) is 170 Å². The van der Waals surface area contributed by atoms with Crippen LogP contribution in [0.3, 0.4) is 0 Å². The molecule has 2 aliphatic carbocycles. The molecule has 0 saturated heterocycles. The lowest BCUT2D eigenvalue weighted by Crippen LogP contribution is -2.26. The van der Waals surface area contributed by atoms with Crippen molar-refractivity contribution in [1.82, 2.24) is 0 Å². The van der Waals surface area contributed by atoms with E-state index in [2.05, 4.69) is 127 Å². The van der Waals surface area contributed by atoms with Crippen molar-refractivity contribution in [3.05, 3.63) is 215 Å². The molecule has 0 saturated carbocycles. The summed E-state index contributed by atoms with van der Waals surface area (Å²) in [6.07, 6.45) is 0. The molecule has 8 aromatic carbocycles. The quantitative estimate of drug-likeness (QED) is 0.149. The van der Waals surface area contributed by atoms with Crippen molar-refractivity contribution in [2.24, 2.45) is 15.7 Å². The number of hydrogen-bond donors (Lipinski definition) is 1. The first kappa shape index (κ1) is 29.3. The molecule has 240 valence electrons. The zero-order valence-electron chi connectivity index (χ0n) is 27.9. The minimum atomic E-state index is -0.472. The summed E-state index contributed by atoms with van der Waals surface area (Å²) in [6.45, 7) is 0.503. The molecule has 0 aromatic heterocycles. The Morgan fingerprint density at radius 1 is 0.471 bits per heavy atom. The Hall–Kier alpha value is -6.58. The largest absolute Gasteiger partial charge is 0.383 e. The van der Waals surface area contributed by atoms with Crippen LogP contribution in [-0.2, 0) is 12.0 Å². The number of benzene rings is 8. The van der Waals surface area contributed by atoms with Crippen LogP contribution in [0, 0.1) is 0 Å². The fraction of sp³-hybridized carbons (Fsp3) is 0.0417. The second kappa shape index (κ2) is 11.5. The fourth-order valence-electron chi connectivity index (χ4n) is 8.62. The Morgan fingerprint density at radius 2 is 1.04 bits per heavy atom. The Morgan fingerprint density at radius 3 is 1.75 bits per heavy atom. The first-order valence-corrected chi connectivity index (χ1v) is 17.5. The van der Waals surface area contributed by atoms with Crippen LogP contribution in [0.1, 0.15) is 38.9 Å². The minimum absolute atomic E-state index is 0.442. The van der Waals surface area contributed by atoms with Crippen molar-refractivity contribution in [1.29, 1.82) is 0 Å². The molecule has 10 rings (SSSR count). The van der Waals surface area contributed by atoms with Crippen LogP contribution in [0.25, 0.3) is 43.8 Å². The van der Waals surface area contributed by atoms with Gasteiger partial charge in [0.2, 0.25) is 0 Å². The predicted molar refractivity (Wildman–Crippen MR) is 212 cm³/mol. The van der Waals surface area contributed by atoms with E-state index in [1.807, 2.05) is 48.5 Å². The van der Waals surface area contributed by atoms with Gasteiger partial charge in [0.05, 0.1) is 12.0 Å². The summed E-state index contributed by atoms with van der Waals surface area (Å²) >= 11 is 0. The van der Waals surface area contributed by atoms with Crippen LogP contribution in [0.15, 0.2) is 186 Å². The van der Waals surface area contributed by atoms with Gasteiger partial charge in [0.25, 0.3) is 0 Å². The maximum absolute atomic E-state index is 6.62. The summed E-state index contributed by atoms with van der Waals surface area (Å²) in [7, 11) is 0. The molecule has 0 radical (unpaired) electrons. The van der Waals surface area contributed by atoms with Gasteiger partial charge in [-0.15, -0.1) is 0 Å². The third-order valence-corrected chi connectivity index (χ3v) is 10.7. The van der Waals surface area contributed by atoms with Crippen LogP contribution in [0.5, 0.6) is 0 Å². The van der Waals surface area contributed by atoms with E-state index in [-0.39, 0.29) is 0 Å². The summed E-state index contributed by atoms with van der Waals surface area (Å²) in [6, 6.07) is 63.0. The van der Waals surface area contributed by atoms with E-state index in [1.165, 1.54) is 60.7 Å². The summed E-state index contributed by atoms with van der Waals surface area (Å²) in [4.78, 5) is 10.0. The Kier molecular flexibility index (Phi) is 6.62. The molecule has 51 heavy (non-hydrogen) atoms. The SMILES string of the molecule is NC(=NC(=NCc1ccccc1)c1ccc2c3c(ccc2c1)-c1ccc2ccccc2c1C31c2ccccc2-c2ccccc21)c1ccccc1. The first-order chi connectivity index (χ1) is 25.2. The van der Waals surface area contributed by atoms with E-state index in [0.29, 0.717) is 18.2 Å². The number of nitrogens with two attached hydrogens (primary N) is 1. The molecule has 0 aliphatic heterocycles. The number of aliphatic imine (C=N–C) groups is 2. The number of amidine groups is 2. The summed E-state index contributed by atoms with van der Waals surface area (Å²) in [5.41, 5.74) is 19.6. The number of nitrogens with zero attached hydrogens (tertiary/aromatic N) is 2. The second-order valence-corrected chi connectivity index (χ2v) is 13.5. The first-order valence-electron chi connectivity index (χ1n) is 17.5. The van der Waals surface area contributed by atoms with E-state index >= 15 is 0 Å². The van der Waals surface area contributed by atoms with E-state index < -0.39 is 5.41 Å². The number of rotatable bonds is 4. The second-order valence-electron chi connectivity index (χ2n) is 13.5. The van der Waals surface area contributed by atoms with E-state index in [9.17, 15) is 0 Å². The van der Waals surface area contributed by atoms with Crippen LogP contribution in [-0.4, -0.2) is 11.7 Å². The van der Waals surface area contributed by atoms with Crippen LogP contribution in [0.2, 0.25) is 0 Å². The molecule has 0 atom stereocenters. The molecule has 0 unspecified atom stereocenters. The van der Waals surface area contributed by atoms with Crippen molar-refractivity contribution in [3.63, 3.8) is 0 Å². The van der Waals surface area contributed by atoms with Crippen LogP contribution in [0.4, 0.5) is 0 Å². The monoisotopic (exact) mass is 651 g/mol. The van der Waals surface area contributed by atoms with Gasteiger partial charge in [0.15, 0.2) is 5.84 Å². The fourth-order valence-corrected chi connectivity index (χ4v) is 8.62. The van der Waals surface area contributed by atoms with Gasteiger partial charge in [-0.05, 0) is 77.7 Å². The van der Waals surface area contributed by atoms with Crippen molar-refractivity contribution < 1.29 is 0 Å². The average molecular weight is 652 g/mol. The van der Waals surface area contributed by atoms with E-state index in [4.69, 9.17) is 15.7 Å². The Bertz CT molecular complexity index is 2680. The minimum Gasteiger partial charge on any atom is -0.383 e. The van der Waals surface area contributed by atoms with E-state index in [0.717, 1.165) is 22.1 Å². The number of hydrogen-bond acceptors (Lipinski definition) is 1. The molecule has 2 N–H and O–H groups in total. The third-order valence-electron chi connectivity index (χ3n) is 10.7. The molecule has 2 aliphatic rings. The highest BCUT2D eigenvalue weighted by atomic mass is 15.0. The molecule has 0 bridgehead atoms. The lowest BCUT2D eigenvalue weighted by atomic mass is 9.68. The van der Waals surface area contributed by atoms with Gasteiger partial charge in [0.1, 0.15) is 5.84 Å². The highest BCUT2D eigenvalue weighted by Gasteiger charge is 2.53. The molecule has 1 spiro atoms. The normalized spacial score (nSPS) is 14.0. The smallest absolute Gasteiger partial charge is 0.157 e. The molecule has 3 nitrogen and oxygen atoms in total. The summed E-state index contributed by atoms with van der Waals surface area (Å²) in [5.74, 6) is 1.06.